The summed E-state index contributed by atoms with van der Waals surface area (Å²) in [4.78, 5) is 6.88. The van der Waals surface area contributed by atoms with E-state index in [0.29, 0.717) is 29.0 Å². The van der Waals surface area contributed by atoms with E-state index in [1.165, 1.54) is 0 Å². The third-order valence-electron chi connectivity index (χ3n) is 5.62. The molecule has 0 atom stereocenters. The summed E-state index contributed by atoms with van der Waals surface area (Å²) in [7, 11) is 4.09. The molecular formula is C20H21N7OS. The second kappa shape index (κ2) is 7.09. The second-order valence-corrected chi connectivity index (χ2v) is 8.36. The lowest BCUT2D eigenvalue weighted by Gasteiger charge is -2.40. The number of aromatic hydroxyl groups is 1. The van der Waals surface area contributed by atoms with Crippen molar-refractivity contribution in [1.29, 1.82) is 0 Å². The molecule has 1 aliphatic carbocycles. The SMILES string of the molecule is CNC1CC(N(C)c2nc3nnc(-c4ccc(-c5cn[nH]c5)cc4O)cc3s2)C1. The fourth-order valence-electron chi connectivity index (χ4n) is 3.65. The summed E-state index contributed by atoms with van der Waals surface area (Å²) in [6, 6.07) is 8.55. The summed E-state index contributed by atoms with van der Waals surface area (Å²) >= 11 is 1.61. The molecule has 0 unspecified atom stereocenters. The Bertz CT molecular complexity index is 1150. The van der Waals surface area contributed by atoms with Crippen LogP contribution in [0.3, 0.4) is 0 Å². The maximum absolute atomic E-state index is 10.5. The zero-order valence-corrected chi connectivity index (χ0v) is 16.9. The largest absolute Gasteiger partial charge is 0.507 e. The minimum atomic E-state index is 0.159. The van der Waals surface area contributed by atoms with Crippen molar-refractivity contribution in [3.05, 3.63) is 36.7 Å². The van der Waals surface area contributed by atoms with E-state index in [-0.39, 0.29) is 5.75 Å². The van der Waals surface area contributed by atoms with Crippen LogP contribution in [0.2, 0.25) is 0 Å². The lowest BCUT2D eigenvalue weighted by Crippen LogP contribution is -2.50. The number of benzene rings is 1. The molecule has 29 heavy (non-hydrogen) atoms. The maximum atomic E-state index is 10.5. The highest BCUT2D eigenvalue weighted by atomic mass is 32.1. The van der Waals surface area contributed by atoms with Gasteiger partial charge in [0.15, 0.2) is 10.8 Å². The van der Waals surface area contributed by atoms with Gasteiger partial charge in [-0.1, -0.05) is 17.4 Å². The molecule has 5 rings (SSSR count). The Morgan fingerprint density at radius 3 is 2.79 bits per heavy atom. The standard InChI is InChI=1S/C20H21N7OS/c1-21-13-6-14(7-13)27(2)20-24-19-18(29-20)8-16(25-26-19)15-4-3-11(5-17(15)28)12-9-22-23-10-12/h3-5,8-10,13-14,21,28H,6-7H2,1-2H3,(H,22,23). The van der Waals surface area contributed by atoms with Gasteiger partial charge in [-0.25, -0.2) is 0 Å². The number of phenolic OH excluding ortho intramolecular Hbond substituents is 1. The Hall–Kier alpha value is -3.04. The van der Waals surface area contributed by atoms with Crippen LogP contribution >= 0.6 is 11.3 Å². The smallest absolute Gasteiger partial charge is 0.194 e. The van der Waals surface area contributed by atoms with Gasteiger partial charge < -0.3 is 15.3 Å². The zero-order valence-electron chi connectivity index (χ0n) is 16.1. The molecule has 4 aromatic rings. The molecule has 0 saturated heterocycles. The summed E-state index contributed by atoms with van der Waals surface area (Å²) in [6.07, 6.45) is 5.75. The van der Waals surface area contributed by atoms with E-state index in [0.717, 1.165) is 33.8 Å². The number of nitrogens with zero attached hydrogens (tertiary/aromatic N) is 5. The minimum Gasteiger partial charge on any atom is -0.507 e. The Kier molecular flexibility index (Phi) is 4.40. The third kappa shape index (κ3) is 3.22. The maximum Gasteiger partial charge on any atom is 0.194 e. The number of aromatic nitrogens is 5. The number of hydrogen-bond donors (Lipinski definition) is 3. The van der Waals surface area contributed by atoms with Gasteiger partial charge in [0.25, 0.3) is 0 Å². The molecule has 0 aliphatic heterocycles. The van der Waals surface area contributed by atoms with Gasteiger partial charge >= 0.3 is 0 Å². The highest BCUT2D eigenvalue weighted by molar-refractivity contribution is 7.22. The van der Waals surface area contributed by atoms with Gasteiger partial charge in [-0.05, 0) is 43.7 Å². The summed E-state index contributed by atoms with van der Waals surface area (Å²) in [5.41, 5.74) is 3.71. The van der Waals surface area contributed by atoms with Crippen molar-refractivity contribution in [3.63, 3.8) is 0 Å². The van der Waals surface area contributed by atoms with Gasteiger partial charge in [0.05, 0.1) is 16.6 Å². The van der Waals surface area contributed by atoms with Crippen LogP contribution in [0.15, 0.2) is 36.7 Å². The Morgan fingerprint density at radius 1 is 1.21 bits per heavy atom. The van der Waals surface area contributed by atoms with Gasteiger partial charge in [-0.2, -0.15) is 10.1 Å². The molecular weight excluding hydrogens is 386 g/mol. The molecule has 3 N–H and O–H groups in total. The van der Waals surface area contributed by atoms with Gasteiger partial charge in [0, 0.05) is 36.5 Å². The van der Waals surface area contributed by atoms with E-state index in [1.807, 2.05) is 25.2 Å². The van der Waals surface area contributed by atoms with E-state index in [2.05, 4.69) is 42.6 Å². The Morgan fingerprint density at radius 2 is 2.07 bits per heavy atom. The van der Waals surface area contributed by atoms with Crippen LogP contribution < -0.4 is 10.2 Å². The number of thiazole rings is 1. The second-order valence-electron chi connectivity index (χ2n) is 7.35. The van der Waals surface area contributed by atoms with Gasteiger partial charge in [0.2, 0.25) is 0 Å². The van der Waals surface area contributed by atoms with E-state index >= 15 is 0 Å². The number of fused-ring (bicyclic) bond motifs is 1. The lowest BCUT2D eigenvalue weighted by atomic mass is 9.86. The predicted molar refractivity (Wildman–Crippen MR) is 114 cm³/mol. The van der Waals surface area contributed by atoms with Crippen LogP contribution in [0.1, 0.15) is 12.8 Å². The summed E-state index contributed by atoms with van der Waals surface area (Å²) in [5.74, 6) is 0.159. The topological polar surface area (TPSA) is 103 Å². The first-order valence-electron chi connectivity index (χ1n) is 9.49. The first-order valence-corrected chi connectivity index (χ1v) is 10.3. The van der Waals surface area contributed by atoms with E-state index < -0.39 is 0 Å². The molecule has 9 heteroatoms. The molecule has 3 aromatic heterocycles. The first kappa shape index (κ1) is 18.0. The van der Waals surface area contributed by atoms with Crippen molar-refractivity contribution < 1.29 is 5.11 Å². The molecule has 1 aromatic carbocycles. The van der Waals surface area contributed by atoms with E-state index in [1.54, 1.807) is 29.8 Å². The number of rotatable bonds is 5. The van der Waals surface area contributed by atoms with Crippen LogP contribution in [0.25, 0.3) is 32.7 Å². The molecule has 0 bridgehead atoms. The predicted octanol–water partition coefficient (Wildman–Crippen LogP) is 3.04. The van der Waals surface area contributed by atoms with Crippen LogP contribution in [0.5, 0.6) is 5.75 Å². The Labute approximate surface area is 171 Å². The number of anilines is 1. The van der Waals surface area contributed by atoms with Crippen molar-refractivity contribution in [3.8, 4) is 28.1 Å². The number of hydrogen-bond acceptors (Lipinski definition) is 8. The molecule has 8 nitrogen and oxygen atoms in total. The molecule has 0 amide bonds. The van der Waals surface area contributed by atoms with Gasteiger partial charge in [0.1, 0.15) is 5.75 Å². The number of phenols is 1. The van der Waals surface area contributed by atoms with Crippen LogP contribution in [-0.2, 0) is 0 Å². The van der Waals surface area contributed by atoms with Crippen LogP contribution in [0.4, 0.5) is 5.13 Å². The first-order chi connectivity index (χ1) is 14.1. The third-order valence-corrected chi connectivity index (χ3v) is 6.70. The van der Waals surface area contributed by atoms with E-state index in [4.69, 9.17) is 0 Å². The van der Waals surface area contributed by atoms with E-state index in [9.17, 15) is 5.11 Å². The van der Waals surface area contributed by atoms with Crippen molar-refractivity contribution in [2.45, 2.75) is 24.9 Å². The normalized spacial score (nSPS) is 18.7. The summed E-state index contributed by atoms with van der Waals surface area (Å²) in [6.45, 7) is 0. The highest BCUT2D eigenvalue weighted by Crippen LogP contribution is 2.36. The quantitative estimate of drug-likeness (QED) is 0.467. The zero-order chi connectivity index (χ0) is 20.0. The molecule has 0 spiro atoms. The molecule has 1 saturated carbocycles. The van der Waals surface area contributed by atoms with Crippen molar-refractivity contribution in [2.75, 3.05) is 19.0 Å². The van der Waals surface area contributed by atoms with Gasteiger partial charge in [-0.3, -0.25) is 5.10 Å². The Balaban J connectivity index is 1.43. The number of aromatic amines is 1. The van der Waals surface area contributed by atoms with Crippen molar-refractivity contribution in [2.24, 2.45) is 0 Å². The fourth-order valence-corrected chi connectivity index (χ4v) is 4.62. The summed E-state index contributed by atoms with van der Waals surface area (Å²) in [5, 5.41) is 30.1. The molecule has 148 valence electrons. The average molecular weight is 408 g/mol. The number of nitrogens with one attached hydrogen (secondary N) is 2. The molecule has 1 aliphatic rings. The lowest BCUT2D eigenvalue weighted by molar-refractivity contribution is 0.299. The van der Waals surface area contributed by atoms with Crippen molar-refractivity contribution >= 4 is 26.8 Å². The minimum absolute atomic E-state index is 0.159. The van der Waals surface area contributed by atoms with Crippen LogP contribution in [0, 0.1) is 0 Å². The van der Waals surface area contributed by atoms with Gasteiger partial charge in [-0.15, -0.1) is 10.2 Å². The van der Waals surface area contributed by atoms with Crippen molar-refractivity contribution in [1.82, 2.24) is 30.7 Å². The highest BCUT2D eigenvalue weighted by Gasteiger charge is 2.32. The number of H-pyrrole nitrogens is 1. The average Bonchev–Trinajstić information content (AvgIpc) is 3.36. The molecule has 1 fully saturated rings. The molecule has 0 radical (unpaired) electrons. The fraction of sp³-hybridized carbons (Fsp3) is 0.300. The monoisotopic (exact) mass is 407 g/mol. The molecule has 3 heterocycles. The van der Waals surface area contributed by atoms with Crippen LogP contribution in [-0.4, -0.2) is 56.7 Å². The summed E-state index contributed by atoms with van der Waals surface area (Å²) < 4.78 is 0.958.